The number of carbonyl (C=O) groups excluding carboxylic acids is 1. The van der Waals surface area contributed by atoms with E-state index in [1.165, 1.54) is 0 Å². The Morgan fingerprint density at radius 3 is 2.32 bits per heavy atom. The van der Waals surface area contributed by atoms with E-state index in [1.807, 2.05) is 35.2 Å². The van der Waals surface area contributed by atoms with Gasteiger partial charge in [-0.25, -0.2) is 0 Å². The van der Waals surface area contributed by atoms with Gasteiger partial charge in [-0.2, -0.15) is 0 Å². The largest absolute Gasteiger partial charge is 0.481 e. The van der Waals surface area contributed by atoms with E-state index in [9.17, 15) is 9.59 Å². The number of benzene rings is 1. The van der Waals surface area contributed by atoms with E-state index >= 15 is 0 Å². The Kier molecular flexibility index (Phi) is 5.58. The Bertz CT molecular complexity index is 506. The van der Waals surface area contributed by atoms with Crippen LogP contribution in [0.4, 0.5) is 0 Å². The van der Waals surface area contributed by atoms with E-state index in [0.29, 0.717) is 25.9 Å². The molecule has 1 aromatic carbocycles. The quantitative estimate of drug-likeness (QED) is 0.909. The Hall–Kier alpha value is -1.84. The first-order valence-electron chi connectivity index (χ1n) is 8.11. The maximum Gasteiger partial charge on any atom is 0.306 e. The number of piperidine rings is 1. The molecule has 0 spiro atoms. The van der Waals surface area contributed by atoms with Gasteiger partial charge in [-0.15, -0.1) is 0 Å². The molecule has 120 valence electrons. The molecule has 0 aromatic heterocycles. The molecule has 0 aliphatic carbocycles. The molecular weight excluding hydrogens is 278 g/mol. The van der Waals surface area contributed by atoms with Crippen LogP contribution in [0.1, 0.15) is 44.6 Å². The summed E-state index contributed by atoms with van der Waals surface area (Å²) in [6.07, 6.45) is 2.06. The van der Waals surface area contributed by atoms with E-state index in [4.69, 9.17) is 5.11 Å². The average molecular weight is 303 g/mol. The van der Waals surface area contributed by atoms with Crippen LogP contribution >= 0.6 is 0 Å². The summed E-state index contributed by atoms with van der Waals surface area (Å²) in [7, 11) is 0. The van der Waals surface area contributed by atoms with Crippen molar-refractivity contribution in [3.8, 4) is 0 Å². The van der Waals surface area contributed by atoms with Crippen molar-refractivity contribution in [2.75, 3.05) is 13.1 Å². The Morgan fingerprint density at radius 1 is 1.23 bits per heavy atom. The van der Waals surface area contributed by atoms with E-state index in [1.54, 1.807) is 0 Å². The van der Waals surface area contributed by atoms with Crippen molar-refractivity contribution in [3.63, 3.8) is 0 Å². The third kappa shape index (κ3) is 3.67. The topological polar surface area (TPSA) is 57.6 Å². The highest BCUT2D eigenvalue weighted by molar-refractivity contribution is 5.84. The zero-order valence-electron chi connectivity index (χ0n) is 13.4. The summed E-state index contributed by atoms with van der Waals surface area (Å²) in [6.45, 7) is 5.31. The number of likely N-dealkylation sites (tertiary alicyclic amines) is 1. The van der Waals surface area contributed by atoms with E-state index < -0.39 is 5.97 Å². The van der Waals surface area contributed by atoms with Crippen molar-refractivity contribution in [2.45, 2.75) is 39.0 Å². The lowest BCUT2D eigenvalue weighted by Crippen LogP contribution is -2.43. The first-order chi connectivity index (χ1) is 10.5. The van der Waals surface area contributed by atoms with Gasteiger partial charge < -0.3 is 10.0 Å². The molecule has 1 N–H and O–H groups in total. The highest BCUT2D eigenvalue weighted by atomic mass is 16.4. The highest BCUT2D eigenvalue weighted by Crippen LogP contribution is 2.30. The van der Waals surface area contributed by atoms with Crippen molar-refractivity contribution < 1.29 is 14.7 Å². The van der Waals surface area contributed by atoms with Crippen LogP contribution in [0.15, 0.2) is 30.3 Å². The van der Waals surface area contributed by atoms with Gasteiger partial charge in [0, 0.05) is 13.1 Å². The summed E-state index contributed by atoms with van der Waals surface area (Å²) in [5, 5.41) is 9.07. The Morgan fingerprint density at radius 2 is 1.82 bits per heavy atom. The molecule has 22 heavy (non-hydrogen) atoms. The third-order valence-electron chi connectivity index (χ3n) is 4.79. The molecule has 1 heterocycles. The van der Waals surface area contributed by atoms with Crippen LogP contribution in [0, 0.1) is 11.8 Å². The smallest absolute Gasteiger partial charge is 0.306 e. The number of carbonyl (C=O) groups is 2. The van der Waals surface area contributed by atoms with Gasteiger partial charge in [-0.1, -0.05) is 50.6 Å². The summed E-state index contributed by atoms with van der Waals surface area (Å²) in [5.74, 6) is -0.763. The van der Waals surface area contributed by atoms with Gasteiger partial charge in [0.15, 0.2) is 0 Å². The zero-order valence-corrected chi connectivity index (χ0v) is 13.4. The number of hydrogen-bond acceptors (Lipinski definition) is 2. The van der Waals surface area contributed by atoms with Crippen LogP contribution in [-0.2, 0) is 9.59 Å². The second-order valence-electron chi connectivity index (χ2n) is 6.21. The summed E-state index contributed by atoms with van der Waals surface area (Å²) in [5.41, 5.74) is 1.06. The predicted octanol–water partition coefficient (Wildman–Crippen LogP) is 3.14. The van der Waals surface area contributed by atoms with Crippen molar-refractivity contribution >= 4 is 11.9 Å². The second-order valence-corrected chi connectivity index (χ2v) is 6.21. The van der Waals surface area contributed by atoms with Crippen molar-refractivity contribution in [3.05, 3.63) is 35.9 Å². The molecule has 1 aliphatic rings. The molecule has 1 fully saturated rings. The first kappa shape index (κ1) is 16.5. The molecular formula is C18H25NO3. The molecule has 1 saturated heterocycles. The minimum Gasteiger partial charge on any atom is -0.481 e. The summed E-state index contributed by atoms with van der Waals surface area (Å²) >= 11 is 0. The van der Waals surface area contributed by atoms with Gasteiger partial charge in [0.1, 0.15) is 0 Å². The summed E-state index contributed by atoms with van der Waals surface area (Å²) in [6, 6.07) is 9.92. The van der Waals surface area contributed by atoms with Crippen molar-refractivity contribution in [1.29, 1.82) is 0 Å². The lowest BCUT2D eigenvalue weighted by atomic mass is 9.83. The first-order valence-corrected chi connectivity index (χ1v) is 8.11. The molecule has 0 saturated carbocycles. The van der Waals surface area contributed by atoms with E-state index in [0.717, 1.165) is 12.0 Å². The van der Waals surface area contributed by atoms with Crippen LogP contribution in [0.25, 0.3) is 0 Å². The normalized spacial score (nSPS) is 18.7. The second kappa shape index (κ2) is 7.43. The number of rotatable bonds is 5. The third-order valence-corrected chi connectivity index (χ3v) is 4.79. The maximum absolute atomic E-state index is 13.0. The van der Waals surface area contributed by atoms with Gasteiger partial charge in [0.25, 0.3) is 0 Å². The molecule has 2 atom stereocenters. The number of carboxylic acids is 1. The molecule has 0 radical (unpaired) electrons. The minimum absolute atomic E-state index is 0.132. The zero-order chi connectivity index (χ0) is 16.1. The van der Waals surface area contributed by atoms with Crippen LogP contribution in [0.5, 0.6) is 0 Å². The summed E-state index contributed by atoms with van der Waals surface area (Å²) in [4.78, 5) is 25.8. The molecule has 4 heteroatoms. The number of hydrogen-bond donors (Lipinski definition) is 1. The Labute approximate surface area is 132 Å². The van der Waals surface area contributed by atoms with Crippen LogP contribution in [0.3, 0.4) is 0 Å². The fraction of sp³-hybridized carbons (Fsp3) is 0.556. The number of carboxylic acid groups (broad SMARTS) is 1. The number of amides is 1. The molecule has 1 aromatic rings. The monoisotopic (exact) mass is 303 g/mol. The maximum atomic E-state index is 13.0. The van der Waals surface area contributed by atoms with Crippen LogP contribution < -0.4 is 0 Å². The van der Waals surface area contributed by atoms with Crippen molar-refractivity contribution in [2.24, 2.45) is 11.8 Å². The highest BCUT2D eigenvalue weighted by Gasteiger charge is 2.33. The lowest BCUT2D eigenvalue weighted by Gasteiger charge is -2.34. The van der Waals surface area contributed by atoms with Crippen molar-refractivity contribution in [1.82, 2.24) is 4.90 Å². The number of nitrogens with zero attached hydrogens (tertiary/aromatic N) is 1. The Balaban J connectivity index is 2.12. The molecule has 4 nitrogen and oxygen atoms in total. The van der Waals surface area contributed by atoms with Gasteiger partial charge in [0.2, 0.25) is 5.91 Å². The summed E-state index contributed by atoms with van der Waals surface area (Å²) < 4.78 is 0. The van der Waals surface area contributed by atoms with Crippen LogP contribution in [-0.4, -0.2) is 35.0 Å². The van der Waals surface area contributed by atoms with Gasteiger partial charge in [-0.05, 0) is 24.3 Å². The fourth-order valence-corrected chi connectivity index (χ4v) is 3.15. The molecule has 0 bridgehead atoms. The average Bonchev–Trinajstić information content (AvgIpc) is 2.55. The minimum atomic E-state index is -0.742. The SMILES string of the molecule is CCC(C)C(C(=O)N1CCC(C(=O)O)CC1)c1ccccc1. The standard InChI is InChI=1S/C18H25NO3/c1-3-13(2)16(14-7-5-4-6-8-14)17(20)19-11-9-15(10-12-19)18(21)22/h4-8,13,15-16H,3,9-12H2,1-2H3,(H,21,22). The van der Waals surface area contributed by atoms with Crippen LogP contribution in [0.2, 0.25) is 0 Å². The van der Waals surface area contributed by atoms with E-state index in [-0.39, 0.29) is 23.7 Å². The number of aliphatic carboxylic acids is 1. The molecule has 1 aliphatic heterocycles. The van der Waals surface area contributed by atoms with Gasteiger partial charge in [0.05, 0.1) is 11.8 Å². The predicted molar refractivity (Wildman–Crippen MR) is 85.6 cm³/mol. The van der Waals surface area contributed by atoms with Gasteiger partial charge in [-0.3, -0.25) is 9.59 Å². The lowest BCUT2D eigenvalue weighted by molar-refractivity contribution is -0.146. The molecule has 2 rings (SSSR count). The molecule has 1 amide bonds. The van der Waals surface area contributed by atoms with E-state index in [2.05, 4.69) is 13.8 Å². The molecule has 2 unspecified atom stereocenters. The van der Waals surface area contributed by atoms with Gasteiger partial charge >= 0.3 is 5.97 Å². The fourth-order valence-electron chi connectivity index (χ4n) is 3.15.